The Labute approximate surface area is 98.1 Å². The van der Waals surface area contributed by atoms with E-state index >= 15 is 0 Å². The molecule has 0 saturated carbocycles. The van der Waals surface area contributed by atoms with Gasteiger partial charge in [-0.2, -0.15) is 13.2 Å². The summed E-state index contributed by atoms with van der Waals surface area (Å²) < 4.78 is 37.2. The fourth-order valence-corrected chi connectivity index (χ4v) is 1.95. The van der Waals surface area contributed by atoms with Gasteiger partial charge in [0.1, 0.15) is 0 Å². The molecular formula is C10H18F3N3O. The summed E-state index contributed by atoms with van der Waals surface area (Å²) >= 11 is 0. The van der Waals surface area contributed by atoms with Crippen LogP contribution in [0, 0.1) is 5.92 Å². The van der Waals surface area contributed by atoms with Gasteiger partial charge in [0.15, 0.2) is 0 Å². The van der Waals surface area contributed by atoms with Crippen molar-refractivity contribution in [2.45, 2.75) is 31.5 Å². The number of amides is 1. The van der Waals surface area contributed by atoms with Crippen LogP contribution in [0.5, 0.6) is 0 Å². The lowest BCUT2D eigenvalue weighted by atomic mass is 9.96. The van der Waals surface area contributed by atoms with Gasteiger partial charge >= 0.3 is 6.18 Å². The Hall–Kier alpha value is -0.820. The van der Waals surface area contributed by atoms with Crippen LogP contribution in [-0.2, 0) is 4.79 Å². The molecule has 0 bridgehead atoms. The van der Waals surface area contributed by atoms with Gasteiger partial charge in [-0.05, 0) is 32.4 Å². The van der Waals surface area contributed by atoms with E-state index in [1.54, 1.807) is 0 Å². The standard InChI is InChI=1S/C10H18F3N3O/c11-10(12,13)7-1-4-16(5-2-7)6-3-8(14)9(15)17/h7-8H,1-6,14H2,(H2,15,17). The number of halogens is 3. The molecule has 1 saturated heterocycles. The number of hydrogen-bond donors (Lipinski definition) is 2. The molecule has 0 aliphatic carbocycles. The van der Waals surface area contributed by atoms with Gasteiger partial charge in [-0.15, -0.1) is 0 Å². The Kier molecular flexibility index (Phi) is 4.76. The van der Waals surface area contributed by atoms with Gasteiger partial charge < -0.3 is 16.4 Å². The summed E-state index contributed by atoms with van der Waals surface area (Å²) in [6.45, 7) is 1.32. The SMILES string of the molecule is NC(=O)C(N)CCN1CCC(C(F)(F)F)CC1. The van der Waals surface area contributed by atoms with Gasteiger partial charge in [0, 0.05) is 6.54 Å². The first-order valence-electron chi connectivity index (χ1n) is 5.64. The zero-order valence-corrected chi connectivity index (χ0v) is 9.54. The van der Waals surface area contributed by atoms with Crippen molar-refractivity contribution in [2.24, 2.45) is 17.4 Å². The van der Waals surface area contributed by atoms with E-state index in [0.717, 1.165) is 0 Å². The minimum Gasteiger partial charge on any atom is -0.368 e. The van der Waals surface area contributed by atoms with E-state index < -0.39 is 24.0 Å². The number of alkyl halides is 3. The number of hydrogen-bond acceptors (Lipinski definition) is 3. The summed E-state index contributed by atoms with van der Waals surface area (Å²) in [7, 11) is 0. The molecule has 1 heterocycles. The third kappa shape index (κ3) is 4.51. The maximum atomic E-state index is 12.4. The maximum absolute atomic E-state index is 12.4. The van der Waals surface area contributed by atoms with Crippen molar-refractivity contribution in [3.05, 3.63) is 0 Å². The second-order valence-electron chi connectivity index (χ2n) is 4.46. The molecule has 0 aromatic heterocycles. The van der Waals surface area contributed by atoms with Crippen LogP contribution in [0.3, 0.4) is 0 Å². The fraction of sp³-hybridized carbons (Fsp3) is 0.900. The second-order valence-corrected chi connectivity index (χ2v) is 4.46. The monoisotopic (exact) mass is 253 g/mol. The van der Waals surface area contributed by atoms with Gasteiger partial charge in [0.05, 0.1) is 12.0 Å². The molecule has 1 aliphatic rings. The van der Waals surface area contributed by atoms with Crippen molar-refractivity contribution in [2.75, 3.05) is 19.6 Å². The summed E-state index contributed by atoms with van der Waals surface area (Å²) in [6, 6.07) is -0.713. The number of nitrogens with two attached hydrogens (primary N) is 2. The molecule has 17 heavy (non-hydrogen) atoms. The van der Waals surface area contributed by atoms with E-state index in [0.29, 0.717) is 26.1 Å². The first-order valence-corrected chi connectivity index (χ1v) is 5.64. The third-order valence-corrected chi connectivity index (χ3v) is 3.17. The first kappa shape index (κ1) is 14.2. The number of piperidine rings is 1. The molecule has 4 nitrogen and oxygen atoms in total. The quantitative estimate of drug-likeness (QED) is 0.764. The average Bonchev–Trinajstić information content (AvgIpc) is 2.25. The summed E-state index contributed by atoms with van der Waals surface area (Å²) in [4.78, 5) is 12.6. The van der Waals surface area contributed by atoms with E-state index in [4.69, 9.17) is 11.5 Å². The zero-order chi connectivity index (χ0) is 13.1. The highest BCUT2D eigenvalue weighted by molar-refractivity contribution is 5.79. The lowest BCUT2D eigenvalue weighted by molar-refractivity contribution is -0.185. The van der Waals surface area contributed by atoms with Crippen molar-refractivity contribution in [1.82, 2.24) is 4.90 Å². The normalized spacial score (nSPS) is 21.4. The lowest BCUT2D eigenvalue weighted by Gasteiger charge is -2.33. The van der Waals surface area contributed by atoms with Crippen LogP contribution in [0.15, 0.2) is 0 Å². The van der Waals surface area contributed by atoms with Gasteiger partial charge in [-0.1, -0.05) is 0 Å². The zero-order valence-electron chi connectivity index (χ0n) is 9.54. The average molecular weight is 253 g/mol. The van der Waals surface area contributed by atoms with Crippen LogP contribution < -0.4 is 11.5 Å². The van der Waals surface area contributed by atoms with E-state index in [-0.39, 0.29) is 12.8 Å². The van der Waals surface area contributed by atoms with Crippen LogP contribution in [0.2, 0.25) is 0 Å². The Morgan fingerprint density at radius 3 is 2.29 bits per heavy atom. The van der Waals surface area contributed by atoms with E-state index in [1.807, 2.05) is 4.90 Å². The molecule has 0 aromatic carbocycles. The second kappa shape index (κ2) is 5.68. The molecule has 1 aliphatic heterocycles. The van der Waals surface area contributed by atoms with Crippen molar-refractivity contribution in [3.8, 4) is 0 Å². The third-order valence-electron chi connectivity index (χ3n) is 3.17. The molecular weight excluding hydrogens is 235 g/mol. The minimum absolute atomic E-state index is 0.120. The fourth-order valence-electron chi connectivity index (χ4n) is 1.95. The molecule has 0 spiro atoms. The Morgan fingerprint density at radius 2 is 1.88 bits per heavy atom. The maximum Gasteiger partial charge on any atom is 0.391 e. The molecule has 4 N–H and O–H groups in total. The Bertz CT molecular complexity index is 262. The summed E-state index contributed by atoms with van der Waals surface area (Å²) in [6.07, 6.45) is -3.45. The summed E-state index contributed by atoms with van der Waals surface area (Å²) in [5.41, 5.74) is 10.4. The summed E-state index contributed by atoms with van der Waals surface area (Å²) in [5, 5.41) is 0. The predicted octanol–water partition coefficient (Wildman–Crippen LogP) is 0.463. The molecule has 1 unspecified atom stereocenters. The van der Waals surface area contributed by atoms with Crippen LogP contribution >= 0.6 is 0 Å². The van der Waals surface area contributed by atoms with Gasteiger partial charge in [0.25, 0.3) is 0 Å². The topological polar surface area (TPSA) is 72.3 Å². The number of nitrogens with zero attached hydrogens (tertiary/aromatic N) is 1. The Balaban J connectivity index is 2.26. The molecule has 100 valence electrons. The molecule has 0 aromatic rings. The Morgan fingerprint density at radius 1 is 1.35 bits per heavy atom. The molecule has 1 rings (SSSR count). The number of carbonyl (C=O) groups excluding carboxylic acids is 1. The van der Waals surface area contributed by atoms with Crippen molar-refractivity contribution in [1.29, 1.82) is 0 Å². The summed E-state index contributed by atoms with van der Waals surface area (Å²) in [5.74, 6) is -1.77. The highest BCUT2D eigenvalue weighted by Gasteiger charge is 2.40. The molecule has 1 amide bonds. The van der Waals surface area contributed by atoms with Crippen molar-refractivity contribution >= 4 is 5.91 Å². The van der Waals surface area contributed by atoms with Crippen molar-refractivity contribution in [3.63, 3.8) is 0 Å². The van der Waals surface area contributed by atoms with Crippen LogP contribution in [0.4, 0.5) is 13.2 Å². The van der Waals surface area contributed by atoms with Gasteiger partial charge in [-0.25, -0.2) is 0 Å². The van der Waals surface area contributed by atoms with Crippen LogP contribution in [0.25, 0.3) is 0 Å². The molecule has 7 heteroatoms. The highest BCUT2D eigenvalue weighted by atomic mass is 19.4. The van der Waals surface area contributed by atoms with Crippen molar-refractivity contribution < 1.29 is 18.0 Å². The van der Waals surface area contributed by atoms with E-state index in [9.17, 15) is 18.0 Å². The van der Waals surface area contributed by atoms with E-state index in [2.05, 4.69) is 0 Å². The molecule has 0 radical (unpaired) electrons. The van der Waals surface area contributed by atoms with E-state index in [1.165, 1.54) is 0 Å². The number of carbonyl (C=O) groups is 1. The number of likely N-dealkylation sites (tertiary alicyclic amines) is 1. The van der Waals surface area contributed by atoms with Crippen LogP contribution in [-0.4, -0.2) is 42.7 Å². The largest absolute Gasteiger partial charge is 0.391 e. The van der Waals surface area contributed by atoms with Gasteiger partial charge in [-0.3, -0.25) is 4.79 Å². The van der Waals surface area contributed by atoms with Gasteiger partial charge in [0.2, 0.25) is 5.91 Å². The highest BCUT2D eigenvalue weighted by Crippen LogP contribution is 2.33. The molecule has 1 fully saturated rings. The predicted molar refractivity (Wildman–Crippen MR) is 57.0 cm³/mol. The van der Waals surface area contributed by atoms with Crippen LogP contribution in [0.1, 0.15) is 19.3 Å². The number of rotatable bonds is 4. The first-order chi connectivity index (χ1) is 7.80. The smallest absolute Gasteiger partial charge is 0.368 e. The number of primary amides is 1. The lowest BCUT2D eigenvalue weighted by Crippen LogP contribution is -2.43. The minimum atomic E-state index is -4.09. The molecule has 1 atom stereocenters.